The molecule has 7 heteroatoms. The van der Waals surface area contributed by atoms with Crippen LogP contribution in [0.5, 0.6) is 0 Å². The van der Waals surface area contributed by atoms with E-state index >= 15 is 0 Å². The molecule has 1 aliphatic heterocycles. The summed E-state index contributed by atoms with van der Waals surface area (Å²) in [5.41, 5.74) is -1.58. The number of aliphatic imine (C=N–C) groups is 1. The first-order valence-corrected chi connectivity index (χ1v) is 5.04. The van der Waals surface area contributed by atoms with Crippen LogP contribution < -0.4 is 0 Å². The Morgan fingerprint density at radius 3 is 2.24 bits per heavy atom. The number of thiocarbonyl (C=S) groups is 1. The van der Waals surface area contributed by atoms with Gasteiger partial charge in [0, 0.05) is 5.56 Å². The van der Waals surface area contributed by atoms with Gasteiger partial charge in [0.05, 0.1) is 11.7 Å². The molecule has 0 aromatic heterocycles. The molecule has 0 saturated heterocycles. The molecular weight excluding hydrogens is 251 g/mol. The van der Waals surface area contributed by atoms with E-state index in [0.717, 1.165) is 5.56 Å². The van der Waals surface area contributed by atoms with Gasteiger partial charge in [0.25, 0.3) is 0 Å². The minimum atomic E-state index is -4.49. The molecule has 1 aromatic rings. The molecule has 0 amide bonds. The number of hydrogen-bond acceptors (Lipinski definition) is 4. The molecule has 1 aliphatic rings. The fraction of sp³-hybridized carbons (Fsp3) is 0.300. The second kappa shape index (κ2) is 4.01. The molecule has 0 fully saturated rings. The summed E-state index contributed by atoms with van der Waals surface area (Å²) in [5, 5.41) is 8.42. The van der Waals surface area contributed by atoms with Crippen molar-refractivity contribution in [2.75, 3.05) is 0 Å². The van der Waals surface area contributed by atoms with E-state index in [1.165, 1.54) is 12.1 Å². The molecule has 0 unspecified atom stereocenters. The monoisotopic (exact) mass is 257 g/mol. The van der Waals surface area contributed by atoms with Crippen molar-refractivity contribution in [3.8, 4) is 0 Å². The van der Waals surface area contributed by atoms with Crippen LogP contribution in [0.15, 0.2) is 39.5 Å². The van der Waals surface area contributed by atoms with Crippen LogP contribution in [-0.2, 0) is 12.2 Å². The van der Waals surface area contributed by atoms with E-state index in [4.69, 9.17) is 0 Å². The third-order valence-electron chi connectivity index (χ3n) is 2.38. The molecule has 1 aromatic carbocycles. The van der Waals surface area contributed by atoms with Gasteiger partial charge in [-0.2, -0.15) is 13.2 Å². The van der Waals surface area contributed by atoms with Crippen LogP contribution in [0.25, 0.3) is 0 Å². The Morgan fingerprint density at radius 1 is 1.24 bits per heavy atom. The van der Waals surface area contributed by atoms with Gasteiger partial charge in [-0.25, -0.2) is 4.99 Å². The summed E-state index contributed by atoms with van der Waals surface area (Å²) < 4.78 is 38.0. The lowest BCUT2D eigenvalue weighted by Crippen LogP contribution is -2.30. The first-order chi connectivity index (χ1) is 7.99. The maximum absolute atomic E-state index is 12.7. The van der Waals surface area contributed by atoms with Crippen LogP contribution in [0.4, 0.5) is 13.2 Å². The van der Waals surface area contributed by atoms with E-state index < -0.39 is 11.8 Å². The maximum Gasteiger partial charge on any atom is 0.442 e. The molecule has 0 radical (unpaired) electrons. The van der Waals surface area contributed by atoms with E-state index in [-0.39, 0.29) is 5.56 Å². The predicted molar refractivity (Wildman–Crippen MR) is 57.8 cm³/mol. The van der Waals surface area contributed by atoms with Crippen molar-refractivity contribution in [1.82, 2.24) is 0 Å². The number of alkyl halides is 3. The van der Waals surface area contributed by atoms with Gasteiger partial charge in [-0.3, -0.25) is 0 Å². The third kappa shape index (κ3) is 2.11. The molecular formula is C10H6F3N3S. The third-order valence-corrected chi connectivity index (χ3v) is 2.51. The van der Waals surface area contributed by atoms with E-state index in [0.29, 0.717) is 6.54 Å². The number of hydrogen-bond donors (Lipinski definition) is 0. The van der Waals surface area contributed by atoms with Gasteiger partial charge in [-0.15, -0.1) is 10.2 Å². The van der Waals surface area contributed by atoms with Gasteiger partial charge in [0.15, 0.2) is 0 Å². The Kier molecular flexibility index (Phi) is 2.81. The molecule has 0 N–H and O–H groups in total. The molecule has 0 atom stereocenters. The van der Waals surface area contributed by atoms with Crippen LogP contribution in [0.1, 0.15) is 11.1 Å². The summed E-state index contributed by atoms with van der Waals surface area (Å²) in [6.45, 7) is 0.303. The molecule has 0 spiro atoms. The number of halogens is 3. The van der Waals surface area contributed by atoms with Crippen molar-refractivity contribution >= 4 is 17.4 Å². The van der Waals surface area contributed by atoms with Gasteiger partial charge in [-0.05, 0) is 17.8 Å². The zero-order valence-electron chi connectivity index (χ0n) is 8.40. The fourth-order valence-electron chi connectivity index (χ4n) is 1.41. The molecule has 17 heavy (non-hydrogen) atoms. The van der Waals surface area contributed by atoms with Crippen LogP contribution in [0.2, 0.25) is 0 Å². The standard InChI is InChI=1S/C10H6F3N3S/c11-10(12,13)9(15-16-9)8-3-1-7(2-4-8)5-14-6-17/h1-4H,5H2. The van der Waals surface area contributed by atoms with Gasteiger partial charge in [0.2, 0.25) is 0 Å². The molecule has 88 valence electrons. The smallest absolute Gasteiger partial charge is 0.228 e. The van der Waals surface area contributed by atoms with Crippen LogP contribution in [-0.4, -0.2) is 11.3 Å². The number of isothiocyanates is 1. The second-order valence-electron chi connectivity index (χ2n) is 3.47. The highest BCUT2D eigenvalue weighted by molar-refractivity contribution is 7.78. The van der Waals surface area contributed by atoms with E-state index in [1.54, 1.807) is 12.1 Å². The minimum Gasteiger partial charge on any atom is -0.228 e. The first-order valence-electron chi connectivity index (χ1n) is 4.63. The zero-order chi connectivity index (χ0) is 12.5. The highest BCUT2D eigenvalue weighted by Gasteiger charge is 2.65. The van der Waals surface area contributed by atoms with Crippen molar-refractivity contribution in [3.63, 3.8) is 0 Å². The summed E-state index contributed by atoms with van der Waals surface area (Å²) in [6.07, 6.45) is -4.49. The Hall–Kier alpha value is -1.59. The largest absolute Gasteiger partial charge is 0.442 e. The second-order valence-corrected chi connectivity index (χ2v) is 3.66. The summed E-state index contributed by atoms with van der Waals surface area (Å²) in [4.78, 5) is 3.69. The van der Waals surface area contributed by atoms with Crippen LogP contribution >= 0.6 is 12.2 Å². The summed E-state index contributed by atoms with van der Waals surface area (Å²) >= 11 is 4.40. The first kappa shape index (κ1) is 11.9. The lowest BCUT2D eigenvalue weighted by atomic mass is 10.0. The van der Waals surface area contributed by atoms with E-state index in [2.05, 4.69) is 32.6 Å². The highest BCUT2D eigenvalue weighted by atomic mass is 32.1. The SMILES string of the molecule is FC(F)(F)C1(c2ccc(CN=C=S)cc2)N=N1. The Morgan fingerprint density at radius 2 is 1.82 bits per heavy atom. The van der Waals surface area contributed by atoms with E-state index in [9.17, 15) is 13.2 Å². The topological polar surface area (TPSA) is 37.1 Å². The average molecular weight is 257 g/mol. The zero-order valence-corrected chi connectivity index (χ0v) is 9.22. The molecule has 0 bridgehead atoms. The van der Waals surface area contributed by atoms with Gasteiger partial charge in [-0.1, -0.05) is 24.3 Å². The fourth-order valence-corrected chi connectivity index (χ4v) is 1.47. The number of rotatable bonds is 3. The van der Waals surface area contributed by atoms with Crippen molar-refractivity contribution in [3.05, 3.63) is 35.4 Å². The minimum absolute atomic E-state index is 0.0140. The summed E-state index contributed by atoms with van der Waals surface area (Å²) in [5.74, 6) is 0. The Balaban J connectivity index is 2.22. The molecule has 2 rings (SSSR count). The summed E-state index contributed by atoms with van der Waals surface area (Å²) in [7, 11) is 0. The van der Waals surface area contributed by atoms with Crippen molar-refractivity contribution < 1.29 is 13.2 Å². The Bertz CT molecular complexity index is 495. The molecule has 3 nitrogen and oxygen atoms in total. The van der Waals surface area contributed by atoms with Crippen molar-refractivity contribution in [2.24, 2.45) is 15.2 Å². The van der Waals surface area contributed by atoms with Crippen LogP contribution in [0, 0.1) is 0 Å². The quantitative estimate of drug-likeness (QED) is 0.603. The maximum atomic E-state index is 12.7. The van der Waals surface area contributed by atoms with Crippen molar-refractivity contribution in [1.29, 1.82) is 0 Å². The predicted octanol–water partition coefficient (Wildman–Crippen LogP) is 3.47. The van der Waals surface area contributed by atoms with Crippen LogP contribution in [0.3, 0.4) is 0 Å². The highest BCUT2D eigenvalue weighted by Crippen LogP contribution is 2.52. The number of benzene rings is 1. The van der Waals surface area contributed by atoms with Gasteiger partial charge in [0.1, 0.15) is 0 Å². The molecule has 0 aliphatic carbocycles. The lowest BCUT2D eigenvalue weighted by Gasteiger charge is -2.14. The molecule has 0 saturated carbocycles. The summed E-state index contributed by atoms with van der Waals surface area (Å²) in [6, 6.07) is 5.79. The lowest BCUT2D eigenvalue weighted by molar-refractivity contribution is -0.166. The van der Waals surface area contributed by atoms with E-state index in [1.807, 2.05) is 0 Å². The Labute approximate surface area is 100 Å². The average Bonchev–Trinajstić information content (AvgIpc) is 3.07. The molecule has 1 heterocycles. The van der Waals surface area contributed by atoms with Gasteiger partial charge >= 0.3 is 11.8 Å². The van der Waals surface area contributed by atoms with Crippen molar-refractivity contribution in [2.45, 2.75) is 18.4 Å². The number of nitrogens with zero attached hydrogens (tertiary/aromatic N) is 3. The normalized spacial score (nSPS) is 16.4. The van der Waals surface area contributed by atoms with Gasteiger partial charge < -0.3 is 0 Å².